The van der Waals surface area contributed by atoms with Crippen molar-refractivity contribution in [2.24, 2.45) is 0 Å². The van der Waals surface area contributed by atoms with Crippen molar-refractivity contribution in [1.82, 2.24) is 19.6 Å². The number of hydrogen-bond acceptors (Lipinski definition) is 17. The van der Waals surface area contributed by atoms with Crippen molar-refractivity contribution in [3.8, 4) is 0 Å². The molecule has 0 aromatic heterocycles. The first kappa shape index (κ1) is 71.5. The average molecular weight is 1190 g/mol. The van der Waals surface area contributed by atoms with Crippen LogP contribution in [0, 0.1) is 13.8 Å². The largest absolute Gasteiger partial charge is 0.459 e. The van der Waals surface area contributed by atoms with E-state index in [9.17, 15) is 33.6 Å². The maximum atomic E-state index is 13.4. The van der Waals surface area contributed by atoms with Crippen LogP contribution in [0.1, 0.15) is 211 Å². The van der Waals surface area contributed by atoms with Crippen LogP contribution in [0.5, 0.6) is 0 Å². The number of esters is 4. The summed E-state index contributed by atoms with van der Waals surface area (Å²) in [5, 5.41) is 3.66. The monoisotopic (exact) mass is 1190 g/mol. The second kappa shape index (κ2) is 27.8. The lowest BCUT2D eigenvalue weighted by molar-refractivity contribution is -0.171. The molecule has 2 aromatic rings. The second-order valence-corrected chi connectivity index (χ2v) is 30.0. The summed E-state index contributed by atoms with van der Waals surface area (Å²) >= 11 is 0. The van der Waals surface area contributed by atoms with Crippen LogP contribution in [-0.4, -0.2) is 165 Å². The maximum Gasteiger partial charge on any atom is 0.410 e. The molecule has 4 aliphatic rings. The molecule has 2 aromatic carbocycles. The van der Waals surface area contributed by atoms with Crippen LogP contribution in [0.3, 0.4) is 0 Å². The van der Waals surface area contributed by atoms with Crippen molar-refractivity contribution in [3.05, 3.63) is 58.7 Å². The Labute approximate surface area is 508 Å². The molecule has 3 N–H and O–H groups in total. The van der Waals surface area contributed by atoms with Gasteiger partial charge in [-0.1, -0.05) is 24.3 Å². The lowest BCUT2D eigenvalue weighted by Gasteiger charge is -2.43. The Bertz CT molecular complexity index is 2610. The predicted molar refractivity (Wildman–Crippen MR) is 331 cm³/mol. The topological polar surface area (TPSA) is 226 Å². The SMILES string of the molecule is CC(C)(C)OC(=O)N1CCC(C)(N2CCC(=O)CC2)C1.Cc1ccc(C(C(=O)OC(C)(C)C)C(=O)OC(C)(C)C)c(N)c1.Cc1ccc(C(C(=O)OC(C)(C)C)C(=O)OC(C)(C)C)c(NC2CCN(C3(C)CCN(C(=O)OC(C)(C)C)C3)CC2)c1. The van der Waals surface area contributed by atoms with Crippen molar-refractivity contribution >= 4 is 53.2 Å². The van der Waals surface area contributed by atoms with Crippen LogP contribution >= 0.6 is 0 Å². The van der Waals surface area contributed by atoms with Crippen LogP contribution in [-0.2, 0) is 52.4 Å². The van der Waals surface area contributed by atoms with Gasteiger partial charge in [0.1, 0.15) is 39.4 Å². The molecule has 4 fully saturated rings. The Morgan fingerprint density at radius 3 is 1.18 bits per heavy atom. The molecule has 0 spiro atoms. The van der Waals surface area contributed by atoms with E-state index < -0.39 is 69.3 Å². The van der Waals surface area contributed by atoms with Gasteiger partial charge in [0.2, 0.25) is 0 Å². The number of ketones is 1. The minimum Gasteiger partial charge on any atom is -0.459 e. The van der Waals surface area contributed by atoms with Crippen molar-refractivity contribution in [2.45, 2.75) is 253 Å². The molecule has 0 bridgehead atoms. The molecule has 0 saturated carbocycles. The molecule has 4 heterocycles. The Balaban J connectivity index is 0.000000302. The molecule has 4 aliphatic heterocycles. The summed E-state index contributed by atoms with van der Waals surface area (Å²) in [6.07, 6.45) is 4.43. The highest BCUT2D eigenvalue weighted by Gasteiger charge is 2.45. The molecule has 19 heteroatoms. The highest BCUT2D eigenvalue weighted by molar-refractivity contribution is 6.03. The van der Waals surface area contributed by atoms with Crippen LogP contribution in [0.15, 0.2) is 36.4 Å². The zero-order chi connectivity index (χ0) is 64.6. The van der Waals surface area contributed by atoms with Crippen molar-refractivity contribution in [2.75, 3.05) is 63.4 Å². The zero-order valence-electron chi connectivity index (χ0n) is 55.8. The first-order valence-electron chi connectivity index (χ1n) is 30.3. The van der Waals surface area contributed by atoms with Gasteiger partial charge in [-0.15, -0.1) is 0 Å². The number of likely N-dealkylation sites (tertiary alicyclic amines) is 4. The third-order valence-electron chi connectivity index (χ3n) is 14.6. The number of nitrogen functional groups attached to an aromatic ring is 1. The number of nitrogens with one attached hydrogen (secondary N) is 1. The van der Waals surface area contributed by atoms with Gasteiger partial charge in [-0.2, -0.15) is 0 Å². The van der Waals surface area contributed by atoms with E-state index in [0.717, 1.165) is 75.2 Å². The van der Waals surface area contributed by atoms with Crippen LogP contribution in [0.4, 0.5) is 21.0 Å². The minimum absolute atomic E-state index is 0.0163. The Kier molecular flexibility index (Phi) is 23.4. The standard InChI is InChI=1S/C33H53N3O6.C18H27NO4.C15H26N2O3/c1-22-12-13-24(26(27(37)40-30(2,3)4)28(38)41-31(5,6)7)25(20-22)34-23-14-17-36(18-15-23)33(11)16-19-35(21-33)29(39)42-32(8,9)10;1-11-8-9-12(13(19)10-11)14(15(20)22-17(2,3)4)16(21)23-18(5,6)7;1-14(2,3)20-13(19)16-10-7-15(4,11-16)17-8-5-12(18)6-9-17/h12-13,20,23,26,34H,14-19,21H2,1-11H3;8-10,14H,19H2,1-7H3;5-11H2,1-4H3. The number of anilines is 2. The summed E-state index contributed by atoms with van der Waals surface area (Å²) in [5.41, 5.74) is 6.04. The minimum atomic E-state index is -1.21. The van der Waals surface area contributed by atoms with Gasteiger partial charge in [-0.25, -0.2) is 9.59 Å². The number of aryl methyl sites for hydroxylation is 2. The Hall–Kier alpha value is -5.95. The summed E-state index contributed by atoms with van der Waals surface area (Å²) in [5.74, 6) is -4.63. The summed E-state index contributed by atoms with van der Waals surface area (Å²) in [7, 11) is 0. The van der Waals surface area contributed by atoms with Gasteiger partial charge in [-0.3, -0.25) is 33.8 Å². The fourth-order valence-electron chi connectivity index (χ4n) is 10.6. The van der Waals surface area contributed by atoms with Crippen LogP contribution in [0.25, 0.3) is 0 Å². The van der Waals surface area contributed by atoms with Crippen molar-refractivity contribution < 1.29 is 62.0 Å². The molecule has 0 aliphatic carbocycles. The number of amides is 2. The number of rotatable bonds is 10. The summed E-state index contributed by atoms with van der Waals surface area (Å²) < 4.78 is 33.2. The van der Waals surface area contributed by atoms with E-state index in [1.165, 1.54) is 0 Å². The number of nitrogens with zero attached hydrogens (tertiary/aromatic N) is 4. The number of carbonyl (C=O) groups excluding carboxylic acids is 7. The van der Waals surface area contributed by atoms with Gasteiger partial charge >= 0.3 is 36.1 Å². The number of carbonyl (C=O) groups is 7. The highest BCUT2D eigenvalue weighted by Crippen LogP contribution is 2.37. The number of nitrogens with two attached hydrogens (primary N) is 1. The zero-order valence-corrected chi connectivity index (χ0v) is 55.8. The van der Waals surface area contributed by atoms with E-state index in [4.69, 9.17) is 34.2 Å². The molecule has 478 valence electrons. The van der Waals surface area contributed by atoms with E-state index in [-0.39, 0.29) is 29.3 Å². The number of Topliss-reactive ketones (excluding diaryl/α,β-unsaturated/α-hetero) is 1. The molecular weight excluding hydrogens is 1080 g/mol. The fourth-order valence-corrected chi connectivity index (χ4v) is 10.6. The third-order valence-corrected chi connectivity index (χ3v) is 14.6. The van der Waals surface area contributed by atoms with Gasteiger partial charge in [0.25, 0.3) is 0 Å². The molecule has 6 rings (SSSR count). The third kappa shape index (κ3) is 23.0. The smallest absolute Gasteiger partial charge is 0.410 e. The van der Waals surface area contributed by atoms with E-state index in [0.29, 0.717) is 55.1 Å². The average Bonchev–Trinajstić information content (AvgIpc) is 2.91. The normalized spacial score (nSPS) is 20.4. The van der Waals surface area contributed by atoms with E-state index in [2.05, 4.69) is 29.0 Å². The Morgan fingerprint density at radius 1 is 0.494 bits per heavy atom. The van der Waals surface area contributed by atoms with Gasteiger partial charge in [0, 0.05) is 105 Å². The summed E-state index contributed by atoms with van der Waals surface area (Å²) in [4.78, 5) is 96.5. The van der Waals surface area contributed by atoms with Crippen LogP contribution in [0.2, 0.25) is 0 Å². The molecule has 19 nitrogen and oxygen atoms in total. The van der Waals surface area contributed by atoms with Gasteiger partial charge in [0.05, 0.1) is 0 Å². The Morgan fingerprint density at radius 2 is 0.824 bits per heavy atom. The first-order chi connectivity index (χ1) is 38.7. The molecule has 0 radical (unpaired) electrons. The molecule has 2 atom stereocenters. The molecule has 4 saturated heterocycles. The first-order valence-corrected chi connectivity index (χ1v) is 30.3. The van der Waals surface area contributed by atoms with Crippen molar-refractivity contribution in [1.29, 1.82) is 0 Å². The maximum absolute atomic E-state index is 13.4. The summed E-state index contributed by atoms with van der Waals surface area (Å²) in [6.45, 7) is 47.0. The molecule has 2 amide bonds. The highest BCUT2D eigenvalue weighted by atomic mass is 16.6. The number of hydrogen-bond donors (Lipinski definition) is 2. The van der Waals surface area contributed by atoms with Gasteiger partial charge < -0.3 is 49.3 Å². The van der Waals surface area contributed by atoms with E-state index in [1.807, 2.05) is 78.5 Å². The lowest BCUT2D eigenvalue weighted by atomic mass is 9.92. The van der Waals surface area contributed by atoms with E-state index >= 15 is 0 Å². The second-order valence-electron chi connectivity index (χ2n) is 30.0. The van der Waals surface area contributed by atoms with Gasteiger partial charge in [-0.05, 0) is 201 Å². The van der Waals surface area contributed by atoms with Crippen molar-refractivity contribution in [3.63, 3.8) is 0 Å². The molecule has 2 unspecified atom stereocenters. The number of benzene rings is 2. The van der Waals surface area contributed by atoms with Gasteiger partial charge in [0.15, 0.2) is 11.8 Å². The molecule has 85 heavy (non-hydrogen) atoms. The lowest BCUT2D eigenvalue weighted by Crippen LogP contribution is -2.53. The number of piperidine rings is 2. The number of ether oxygens (including phenoxy) is 6. The predicted octanol–water partition coefficient (Wildman–Crippen LogP) is 11.4. The van der Waals surface area contributed by atoms with E-state index in [1.54, 1.807) is 106 Å². The summed E-state index contributed by atoms with van der Waals surface area (Å²) in [6, 6.07) is 11.1. The van der Waals surface area contributed by atoms with Crippen LogP contribution < -0.4 is 11.1 Å². The quantitative estimate of drug-likeness (QED) is 0.0976. The fraction of sp³-hybridized carbons (Fsp3) is 0.712. The molecular formula is C66H106N6O13.